The molecule has 0 aliphatic rings. The zero-order valence-electron chi connectivity index (χ0n) is 9.43. The molecule has 0 saturated heterocycles. The van der Waals surface area contributed by atoms with Crippen LogP contribution in [0.1, 0.15) is 16.9 Å². The van der Waals surface area contributed by atoms with E-state index >= 15 is 0 Å². The van der Waals surface area contributed by atoms with Crippen molar-refractivity contribution >= 4 is 23.1 Å². The second-order valence-corrected chi connectivity index (χ2v) is 5.45. The van der Waals surface area contributed by atoms with Gasteiger partial charge in [-0.15, -0.1) is 11.3 Å². The number of thiophene rings is 1. The Morgan fingerprint density at radius 2 is 2.24 bits per heavy atom. The van der Waals surface area contributed by atoms with Crippen LogP contribution in [0.5, 0.6) is 0 Å². The standard InChI is InChI=1S/C12H16O3S2/c13-4-2-1-3-10-5-12(17-7-10)9-16-8-11(15)6-14/h5,7,11,13-15H,2,4,6,8-9H2. The van der Waals surface area contributed by atoms with E-state index < -0.39 is 6.10 Å². The topological polar surface area (TPSA) is 60.7 Å². The quantitative estimate of drug-likeness (QED) is 0.678. The maximum atomic E-state index is 9.17. The monoisotopic (exact) mass is 272 g/mol. The zero-order chi connectivity index (χ0) is 12.5. The van der Waals surface area contributed by atoms with E-state index in [2.05, 4.69) is 11.8 Å². The van der Waals surface area contributed by atoms with E-state index in [1.165, 1.54) is 4.88 Å². The van der Waals surface area contributed by atoms with Crippen molar-refractivity contribution < 1.29 is 15.3 Å². The van der Waals surface area contributed by atoms with Crippen molar-refractivity contribution in [2.75, 3.05) is 19.0 Å². The van der Waals surface area contributed by atoms with Crippen LogP contribution in [0.25, 0.3) is 0 Å². The van der Waals surface area contributed by atoms with Crippen molar-refractivity contribution in [3.05, 3.63) is 21.9 Å². The van der Waals surface area contributed by atoms with Gasteiger partial charge in [0.15, 0.2) is 0 Å². The van der Waals surface area contributed by atoms with Crippen LogP contribution in [0.2, 0.25) is 0 Å². The van der Waals surface area contributed by atoms with E-state index in [4.69, 9.17) is 10.2 Å². The minimum absolute atomic E-state index is 0.0961. The molecule has 0 amide bonds. The fourth-order valence-electron chi connectivity index (χ4n) is 1.09. The summed E-state index contributed by atoms with van der Waals surface area (Å²) in [6.07, 6.45) is -0.133. The van der Waals surface area contributed by atoms with Gasteiger partial charge in [0.05, 0.1) is 19.3 Å². The Morgan fingerprint density at radius 1 is 1.41 bits per heavy atom. The molecule has 94 valence electrons. The molecule has 3 nitrogen and oxygen atoms in total. The molecule has 0 aromatic carbocycles. The van der Waals surface area contributed by atoms with Crippen LogP contribution in [-0.2, 0) is 5.75 Å². The van der Waals surface area contributed by atoms with Gasteiger partial charge in [0.2, 0.25) is 0 Å². The van der Waals surface area contributed by atoms with E-state index in [1.54, 1.807) is 23.1 Å². The average molecular weight is 272 g/mol. The minimum Gasteiger partial charge on any atom is -0.395 e. The van der Waals surface area contributed by atoms with Crippen LogP contribution in [-0.4, -0.2) is 40.4 Å². The van der Waals surface area contributed by atoms with Gasteiger partial charge >= 0.3 is 0 Å². The maximum Gasteiger partial charge on any atom is 0.0861 e. The van der Waals surface area contributed by atoms with Crippen molar-refractivity contribution in [1.29, 1.82) is 0 Å². The van der Waals surface area contributed by atoms with E-state index in [-0.39, 0.29) is 13.2 Å². The van der Waals surface area contributed by atoms with Crippen LogP contribution in [0.3, 0.4) is 0 Å². The highest BCUT2D eigenvalue weighted by Gasteiger charge is 2.03. The van der Waals surface area contributed by atoms with Crippen LogP contribution in [0, 0.1) is 11.8 Å². The van der Waals surface area contributed by atoms with Gasteiger partial charge in [0, 0.05) is 33.7 Å². The predicted molar refractivity (Wildman–Crippen MR) is 72.2 cm³/mol. The fraction of sp³-hybridized carbons (Fsp3) is 0.500. The van der Waals surface area contributed by atoms with Crippen LogP contribution < -0.4 is 0 Å². The first kappa shape index (κ1) is 14.6. The summed E-state index contributed by atoms with van der Waals surface area (Å²) in [6, 6.07) is 2.02. The minimum atomic E-state index is -0.635. The highest BCUT2D eigenvalue weighted by Crippen LogP contribution is 2.20. The third-order valence-corrected chi connectivity index (χ3v) is 4.14. The summed E-state index contributed by atoms with van der Waals surface area (Å²) < 4.78 is 0. The number of hydrogen-bond donors (Lipinski definition) is 3. The summed E-state index contributed by atoms with van der Waals surface area (Å²) in [5.74, 6) is 7.22. The Balaban J connectivity index is 2.34. The number of rotatable bonds is 6. The molecular weight excluding hydrogens is 256 g/mol. The first-order valence-corrected chi connectivity index (χ1v) is 7.33. The van der Waals surface area contributed by atoms with E-state index in [1.807, 2.05) is 11.4 Å². The molecular formula is C12H16O3S2. The first-order valence-electron chi connectivity index (χ1n) is 5.30. The molecule has 0 fully saturated rings. The van der Waals surface area contributed by atoms with Crippen molar-refractivity contribution in [2.45, 2.75) is 18.3 Å². The number of aliphatic hydroxyl groups is 3. The predicted octanol–water partition coefficient (Wildman–Crippen LogP) is 1.07. The summed E-state index contributed by atoms with van der Waals surface area (Å²) in [6.45, 7) is -0.0891. The van der Waals surface area contributed by atoms with Gasteiger partial charge in [-0.1, -0.05) is 11.8 Å². The summed E-state index contributed by atoms with van der Waals surface area (Å²) in [5, 5.41) is 28.4. The molecule has 0 spiro atoms. The number of aliphatic hydroxyl groups excluding tert-OH is 3. The summed E-state index contributed by atoms with van der Waals surface area (Å²) in [4.78, 5) is 1.20. The SMILES string of the molecule is OCCC#Cc1csc(CSCC(O)CO)c1. The zero-order valence-corrected chi connectivity index (χ0v) is 11.1. The van der Waals surface area contributed by atoms with Crippen molar-refractivity contribution in [3.63, 3.8) is 0 Å². The van der Waals surface area contributed by atoms with Gasteiger partial charge in [-0.05, 0) is 6.07 Å². The highest BCUT2D eigenvalue weighted by molar-refractivity contribution is 7.98. The lowest BCUT2D eigenvalue weighted by molar-refractivity contribution is 0.113. The van der Waals surface area contributed by atoms with Crippen molar-refractivity contribution in [3.8, 4) is 11.8 Å². The molecule has 1 rings (SSSR count). The molecule has 3 N–H and O–H groups in total. The molecule has 0 bridgehead atoms. The van der Waals surface area contributed by atoms with Crippen molar-refractivity contribution in [2.24, 2.45) is 0 Å². The number of hydrogen-bond acceptors (Lipinski definition) is 5. The van der Waals surface area contributed by atoms with Gasteiger partial charge in [0.25, 0.3) is 0 Å². The fourth-order valence-corrected chi connectivity index (χ4v) is 2.99. The third kappa shape index (κ3) is 6.10. The molecule has 1 heterocycles. The second-order valence-electron chi connectivity index (χ2n) is 3.43. The molecule has 17 heavy (non-hydrogen) atoms. The van der Waals surface area contributed by atoms with E-state index in [0.717, 1.165) is 11.3 Å². The Labute approximate surface area is 109 Å². The first-order chi connectivity index (χ1) is 8.26. The second kappa shape index (κ2) is 8.56. The molecule has 5 heteroatoms. The Hall–Kier alpha value is -0.510. The van der Waals surface area contributed by atoms with E-state index in [9.17, 15) is 5.11 Å². The lowest BCUT2D eigenvalue weighted by Gasteiger charge is -2.04. The van der Waals surface area contributed by atoms with Gasteiger partial charge in [0.1, 0.15) is 0 Å². The molecule has 1 atom stereocenters. The van der Waals surface area contributed by atoms with Crippen LogP contribution in [0.4, 0.5) is 0 Å². The molecule has 1 unspecified atom stereocenters. The molecule has 0 saturated carbocycles. The molecule has 1 aromatic rings. The molecule has 0 aliphatic carbocycles. The Bertz CT molecular complexity index is 379. The average Bonchev–Trinajstić information content (AvgIpc) is 2.77. The maximum absolute atomic E-state index is 9.17. The largest absolute Gasteiger partial charge is 0.395 e. The highest BCUT2D eigenvalue weighted by atomic mass is 32.2. The van der Waals surface area contributed by atoms with Crippen LogP contribution in [0.15, 0.2) is 11.4 Å². The Kier molecular flexibility index (Phi) is 7.33. The normalized spacial score (nSPS) is 11.9. The lowest BCUT2D eigenvalue weighted by Crippen LogP contribution is -2.14. The van der Waals surface area contributed by atoms with Gasteiger partial charge < -0.3 is 15.3 Å². The summed E-state index contributed by atoms with van der Waals surface area (Å²) in [5.41, 5.74) is 0.974. The Morgan fingerprint density at radius 3 is 2.94 bits per heavy atom. The van der Waals surface area contributed by atoms with Gasteiger partial charge in [-0.2, -0.15) is 11.8 Å². The van der Waals surface area contributed by atoms with Crippen LogP contribution >= 0.6 is 23.1 Å². The third-order valence-electron chi connectivity index (χ3n) is 1.89. The van der Waals surface area contributed by atoms with E-state index in [0.29, 0.717) is 12.2 Å². The van der Waals surface area contributed by atoms with Gasteiger partial charge in [-0.25, -0.2) is 0 Å². The number of thioether (sulfide) groups is 1. The molecule has 1 aromatic heterocycles. The van der Waals surface area contributed by atoms with Gasteiger partial charge in [-0.3, -0.25) is 0 Å². The molecule has 0 radical (unpaired) electrons. The summed E-state index contributed by atoms with van der Waals surface area (Å²) >= 11 is 3.23. The molecule has 0 aliphatic heterocycles. The van der Waals surface area contributed by atoms with Crippen molar-refractivity contribution in [1.82, 2.24) is 0 Å². The smallest absolute Gasteiger partial charge is 0.0861 e. The summed E-state index contributed by atoms with van der Waals surface area (Å²) in [7, 11) is 0. The lowest BCUT2D eigenvalue weighted by atomic mass is 10.3.